The number of fused-ring (bicyclic) bond motifs is 1. The minimum atomic E-state index is 0.244. The van der Waals surface area contributed by atoms with Crippen LogP contribution in [0.5, 0.6) is 0 Å². The number of nitrogens with zero attached hydrogens (tertiary/aromatic N) is 1. The van der Waals surface area contributed by atoms with Gasteiger partial charge < -0.3 is 0 Å². The summed E-state index contributed by atoms with van der Waals surface area (Å²) in [6, 6.07) is 8.73. The van der Waals surface area contributed by atoms with E-state index in [9.17, 15) is 0 Å². The molecule has 0 spiro atoms. The number of nitrogens with two attached hydrogens (primary N) is 1. The number of benzene rings is 1. The fourth-order valence-corrected chi connectivity index (χ4v) is 3.69. The van der Waals surface area contributed by atoms with Crippen LogP contribution in [-0.4, -0.2) is 4.98 Å². The second-order valence-electron chi connectivity index (χ2n) is 6.35. The van der Waals surface area contributed by atoms with E-state index < -0.39 is 0 Å². The molecule has 2 aliphatic rings. The first-order chi connectivity index (χ1) is 9.88. The van der Waals surface area contributed by atoms with Crippen molar-refractivity contribution in [1.29, 1.82) is 0 Å². The minimum absolute atomic E-state index is 0.244. The maximum Gasteiger partial charge on any atom is 0.0514 e. The monoisotopic (exact) mass is 267 g/mol. The zero-order valence-corrected chi connectivity index (χ0v) is 11.6. The van der Waals surface area contributed by atoms with Crippen molar-refractivity contribution in [2.75, 3.05) is 0 Å². The van der Waals surface area contributed by atoms with Gasteiger partial charge in [-0.3, -0.25) is 16.3 Å². The molecule has 20 heavy (non-hydrogen) atoms. The number of pyridine rings is 1. The Morgan fingerprint density at radius 3 is 2.40 bits per heavy atom. The largest absolute Gasteiger partial charge is 0.271 e. The maximum absolute atomic E-state index is 5.95. The van der Waals surface area contributed by atoms with Crippen molar-refractivity contribution in [3.05, 3.63) is 42.2 Å². The van der Waals surface area contributed by atoms with Crippen LogP contribution in [0.1, 0.15) is 37.3 Å². The molecule has 104 valence electrons. The van der Waals surface area contributed by atoms with Gasteiger partial charge in [0.2, 0.25) is 0 Å². The first-order valence-electron chi connectivity index (χ1n) is 7.67. The molecule has 0 bridgehead atoms. The van der Waals surface area contributed by atoms with E-state index in [4.69, 9.17) is 5.84 Å². The molecule has 1 aromatic carbocycles. The van der Waals surface area contributed by atoms with Gasteiger partial charge in [0, 0.05) is 17.8 Å². The molecule has 3 nitrogen and oxygen atoms in total. The molecular weight excluding hydrogens is 246 g/mol. The SMILES string of the molecule is NNC(c1cncc2ccccc12)C(C1CC1)C1CC1. The van der Waals surface area contributed by atoms with Crippen LogP contribution in [0.25, 0.3) is 10.8 Å². The zero-order valence-electron chi connectivity index (χ0n) is 11.6. The molecule has 2 aliphatic carbocycles. The van der Waals surface area contributed by atoms with Gasteiger partial charge in [-0.1, -0.05) is 24.3 Å². The highest BCUT2D eigenvalue weighted by Gasteiger charge is 2.45. The summed E-state index contributed by atoms with van der Waals surface area (Å²) >= 11 is 0. The first kappa shape index (κ1) is 12.3. The van der Waals surface area contributed by atoms with Crippen LogP contribution >= 0.6 is 0 Å². The van der Waals surface area contributed by atoms with E-state index in [-0.39, 0.29) is 6.04 Å². The van der Waals surface area contributed by atoms with Crippen LogP contribution < -0.4 is 11.3 Å². The summed E-state index contributed by atoms with van der Waals surface area (Å²) in [6.45, 7) is 0. The van der Waals surface area contributed by atoms with Gasteiger partial charge in [-0.2, -0.15) is 0 Å². The van der Waals surface area contributed by atoms with Crippen LogP contribution in [0.2, 0.25) is 0 Å². The molecule has 0 radical (unpaired) electrons. The van der Waals surface area contributed by atoms with E-state index >= 15 is 0 Å². The van der Waals surface area contributed by atoms with E-state index in [1.807, 2.05) is 12.4 Å². The fraction of sp³-hybridized carbons (Fsp3) is 0.471. The fourth-order valence-electron chi connectivity index (χ4n) is 3.69. The van der Waals surface area contributed by atoms with Crippen LogP contribution in [0.3, 0.4) is 0 Å². The summed E-state index contributed by atoms with van der Waals surface area (Å²) in [4.78, 5) is 4.43. The Morgan fingerprint density at radius 1 is 1.05 bits per heavy atom. The van der Waals surface area contributed by atoms with Gasteiger partial charge in [-0.05, 0) is 54.4 Å². The lowest BCUT2D eigenvalue weighted by Gasteiger charge is -2.28. The molecule has 0 saturated heterocycles. The third kappa shape index (κ3) is 2.11. The third-order valence-electron chi connectivity index (χ3n) is 4.93. The summed E-state index contributed by atoms with van der Waals surface area (Å²) in [5, 5.41) is 2.49. The van der Waals surface area contributed by atoms with E-state index in [2.05, 4.69) is 34.7 Å². The molecule has 1 heterocycles. The van der Waals surface area contributed by atoms with Crippen molar-refractivity contribution in [1.82, 2.24) is 10.4 Å². The number of rotatable bonds is 5. The van der Waals surface area contributed by atoms with Gasteiger partial charge in [0.05, 0.1) is 6.04 Å². The number of hydrogen-bond acceptors (Lipinski definition) is 3. The van der Waals surface area contributed by atoms with Crippen LogP contribution in [0, 0.1) is 17.8 Å². The molecule has 1 aromatic heterocycles. The van der Waals surface area contributed by atoms with Gasteiger partial charge in [0.25, 0.3) is 0 Å². The summed E-state index contributed by atoms with van der Waals surface area (Å²) in [6.07, 6.45) is 9.43. The highest BCUT2D eigenvalue weighted by molar-refractivity contribution is 5.85. The molecule has 1 atom stereocenters. The average Bonchev–Trinajstić information content (AvgIpc) is 3.38. The molecule has 3 heteroatoms. The Hall–Kier alpha value is -1.45. The molecule has 2 fully saturated rings. The zero-order chi connectivity index (χ0) is 13.5. The van der Waals surface area contributed by atoms with Crippen LogP contribution in [0.4, 0.5) is 0 Å². The van der Waals surface area contributed by atoms with Crippen molar-refractivity contribution in [3.63, 3.8) is 0 Å². The van der Waals surface area contributed by atoms with Gasteiger partial charge >= 0.3 is 0 Å². The number of hydrazine groups is 1. The molecule has 0 aliphatic heterocycles. The molecule has 0 amide bonds. The van der Waals surface area contributed by atoms with E-state index in [0.29, 0.717) is 5.92 Å². The smallest absolute Gasteiger partial charge is 0.0514 e. The number of hydrogen-bond donors (Lipinski definition) is 2. The van der Waals surface area contributed by atoms with Crippen molar-refractivity contribution in [2.24, 2.45) is 23.6 Å². The van der Waals surface area contributed by atoms with Gasteiger partial charge in [-0.25, -0.2) is 0 Å². The van der Waals surface area contributed by atoms with Crippen molar-refractivity contribution >= 4 is 10.8 Å². The lowest BCUT2D eigenvalue weighted by Crippen LogP contribution is -2.35. The summed E-state index contributed by atoms with van der Waals surface area (Å²) < 4.78 is 0. The summed E-state index contributed by atoms with van der Waals surface area (Å²) in [5.74, 6) is 8.36. The lowest BCUT2D eigenvalue weighted by molar-refractivity contribution is 0.291. The second-order valence-corrected chi connectivity index (χ2v) is 6.35. The second kappa shape index (κ2) is 4.83. The summed E-state index contributed by atoms with van der Waals surface area (Å²) in [7, 11) is 0. The molecule has 1 unspecified atom stereocenters. The molecular formula is C17H21N3. The molecule has 3 N–H and O–H groups in total. The quantitative estimate of drug-likeness (QED) is 0.646. The summed E-state index contributed by atoms with van der Waals surface area (Å²) in [5.41, 5.74) is 4.39. The molecule has 4 rings (SSSR count). The normalized spacial score (nSPS) is 20.5. The Labute approximate surface area is 119 Å². The Bertz CT molecular complexity index is 599. The Kier molecular flexibility index (Phi) is 2.97. The van der Waals surface area contributed by atoms with Crippen molar-refractivity contribution in [3.8, 4) is 0 Å². The first-order valence-corrected chi connectivity index (χ1v) is 7.67. The Balaban J connectivity index is 1.78. The topological polar surface area (TPSA) is 50.9 Å². The number of nitrogens with one attached hydrogen (secondary N) is 1. The number of aromatic nitrogens is 1. The highest BCUT2D eigenvalue weighted by Crippen LogP contribution is 2.54. The Morgan fingerprint density at radius 2 is 1.75 bits per heavy atom. The van der Waals surface area contributed by atoms with Crippen LogP contribution in [-0.2, 0) is 0 Å². The lowest BCUT2D eigenvalue weighted by atomic mass is 9.84. The van der Waals surface area contributed by atoms with Crippen molar-refractivity contribution < 1.29 is 0 Å². The van der Waals surface area contributed by atoms with Crippen molar-refractivity contribution in [2.45, 2.75) is 31.7 Å². The molecule has 2 aromatic rings. The average molecular weight is 267 g/mol. The standard InChI is InChI=1S/C17H21N3/c18-20-17(16(11-5-6-11)12-7-8-12)15-10-19-9-13-3-1-2-4-14(13)15/h1-4,9-12,16-17,20H,5-8,18H2. The predicted molar refractivity (Wildman–Crippen MR) is 80.7 cm³/mol. The van der Waals surface area contributed by atoms with Gasteiger partial charge in [0.1, 0.15) is 0 Å². The van der Waals surface area contributed by atoms with E-state index in [1.165, 1.54) is 42.0 Å². The molecule has 2 saturated carbocycles. The van der Waals surface area contributed by atoms with Gasteiger partial charge in [-0.15, -0.1) is 0 Å². The van der Waals surface area contributed by atoms with Crippen LogP contribution in [0.15, 0.2) is 36.7 Å². The maximum atomic E-state index is 5.95. The van der Waals surface area contributed by atoms with E-state index in [0.717, 1.165) is 11.8 Å². The highest BCUT2D eigenvalue weighted by atomic mass is 15.2. The van der Waals surface area contributed by atoms with Gasteiger partial charge in [0.15, 0.2) is 0 Å². The minimum Gasteiger partial charge on any atom is -0.271 e. The predicted octanol–water partition coefficient (Wildman–Crippen LogP) is 3.18. The van der Waals surface area contributed by atoms with E-state index in [1.54, 1.807) is 0 Å². The third-order valence-corrected chi connectivity index (χ3v) is 4.93.